The molecule has 8 heteroatoms. The summed E-state index contributed by atoms with van der Waals surface area (Å²) in [5.41, 5.74) is -1.34. The van der Waals surface area contributed by atoms with E-state index < -0.39 is 30.1 Å². The largest absolute Gasteiger partial charge is 0.416 e. The van der Waals surface area contributed by atoms with Gasteiger partial charge in [0.05, 0.1) is 18.7 Å². The number of carbonyl (C=O) groups excluding carboxylic acids is 2. The fourth-order valence-electron chi connectivity index (χ4n) is 1.36. The zero-order valence-corrected chi connectivity index (χ0v) is 11.3. The van der Waals surface area contributed by atoms with Crippen LogP contribution in [0.25, 0.3) is 0 Å². The standard InChI is InChI=1S/C13H10ClF3N2O2/c1-2-3-18-11(20)7-19-12(21)8-4-9(13(15,16)17)6-10(14)5-8/h1,4-6H,3,7H2,(H,18,20)(H,19,21). The predicted molar refractivity (Wildman–Crippen MR) is 70.6 cm³/mol. The normalized spacial score (nSPS) is 10.6. The van der Waals surface area contributed by atoms with Crippen LogP contribution in [-0.4, -0.2) is 24.9 Å². The van der Waals surface area contributed by atoms with E-state index in [9.17, 15) is 22.8 Å². The molecule has 1 aromatic rings. The van der Waals surface area contributed by atoms with Crippen LogP contribution in [0.15, 0.2) is 18.2 Å². The predicted octanol–water partition coefficient (Wildman–Crippen LogP) is 1.84. The van der Waals surface area contributed by atoms with E-state index in [0.717, 1.165) is 6.07 Å². The number of benzene rings is 1. The fraction of sp³-hybridized carbons (Fsp3) is 0.231. The Morgan fingerprint density at radius 1 is 1.24 bits per heavy atom. The summed E-state index contributed by atoms with van der Waals surface area (Å²) < 4.78 is 37.8. The monoisotopic (exact) mass is 318 g/mol. The minimum atomic E-state index is -4.62. The molecule has 0 saturated carbocycles. The Morgan fingerprint density at radius 3 is 2.48 bits per heavy atom. The Bertz CT molecular complexity index is 594. The van der Waals surface area contributed by atoms with Crippen molar-refractivity contribution in [2.24, 2.45) is 0 Å². The summed E-state index contributed by atoms with van der Waals surface area (Å²) in [5, 5.41) is 4.23. The van der Waals surface area contributed by atoms with E-state index in [4.69, 9.17) is 18.0 Å². The molecule has 0 aromatic heterocycles. The number of halogens is 4. The van der Waals surface area contributed by atoms with Crippen LogP contribution in [0.3, 0.4) is 0 Å². The molecule has 21 heavy (non-hydrogen) atoms. The minimum absolute atomic E-state index is 0.00983. The number of nitrogens with one attached hydrogen (secondary N) is 2. The molecule has 0 fully saturated rings. The zero-order valence-electron chi connectivity index (χ0n) is 10.6. The average molecular weight is 319 g/mol. The Morgan fingerprint density at radius 2 is 1.90 bits per heavy atom. The summed E-state index contributed by atoms with van der Waals surface area (Å²) in [6, 6.07) is 2.43. The van der Waals surface area contributed by atoms with Gasteiger partial charge in [-0.2, -0.15) is 13.2 Å². The van der Waals surface area contributed by atoms with E-state index in [1.54, 1.807) is 0 Å². The highest BCUT2D eigenvalue weighted by Crippen LogP contribution is 2.31. The van der Waals surface area contributed by atoms with Gasteiger partial charge in [-0.25, -0.2) is 0 Å². The lowest BCUT2D eigenvalue weighted by Gasteiger charge is -2.10. The summed E-state index contributed by atoms with van der Waals surface area (Å²) in [5.74, 6) is 0.758. The molecule has 0 heterocycles. The molecule has 0 saturated heterocycles. The van der Waals surface area contributed by atoms with Crippen molar-refractivity contribution >= 4 is 23.4 Å². The first-order chi connectivity index (χ1) is 9.74. The fourth-order valence-corrected chi connectivity index (χ4v) is 1.59. The molecule has 4 nitrogen and oxygen atoms in total. The maximum Gasteiger partial charge on any atom is 0.416 e. The van der Waals surface area contributed by atoms with Gasteiger partial charge in [0.2, 0.25) is 5.91 Å². The SMILES string of the molecule is C#CCNC(=O)CNC(=O)c1cc(Cl)cc(C(F)(F)F)c1. The van der Waals surface area contributed by atoms with Crippen LogP contribution >= 0.6 is 11.6 Å². The second kappa shape index (κ2) is 6.99. The van der Waals surface area contributed by atoms with Crippen LogP contribution in [0.1, 0.15) is 15.9 Å². The van der Waals surface area contributed by atoms with E-state index >= 15 is 0 Å². The molecule has 0 atom stereocenters. The van der Waals surface area contributed by atoms with Gasteiger partial charge >= 0.3 is 6.18 Å². The quantitative estimate of drug-likeness (QED) is 0.832. The smallest absolute Gasteiger partial charge is 0.344 e. The number of hydrogen-bond donors (Lipinski definition) is 2. The highest BCUT2D eigenvalue weighted by molar-refractivity contribution is 6.31. The molecule has 112 valence electrons. The van der Waals surface area contributed by atoms with Gasteiger partial charge in [0.15, 0.2) is 0 Å². The average Bonchev–Trinajstić information content (AvgIpc) is 2.40. The van der Waals surface area contributed by atoms with Crippen molar-refractivity contribution in [3.05, 3.63) is 34.3 Å². The molecule has 1 rings (SSSR count). The van der Waals surface area contributed by atoms with E-state index in [1.807, 2.05) is 0 Å². The first-order valence-electron chi connectivity index (χ1n) is 5.60. The number of terminal acetylenes is 1. The third kappa shape index (κ3) is 5.36. The third-order valence-electron chi connectivity index (χ3n) is 2.28. The molecule has 1 aromatic carbocycles. The molecule has 2 N–H and O–H groups in total. The maximum absolute atomic E-state index is 12.6. The van der Waals surface area contributed by atoms with Gasteiger partial charge in [-0.15, -0.1) is 6.42 Å². The van der Waals surface area contributed by atoms with Crippen LogP contribution in [-0.2, 0) is 11.0 Å². The van der Waals surface area contributed by atoms with E-state index in [1.165, 1.54) is 0 Å². The lowest BCUT2D eigenvalue weighted by molar-refractivity contribution is -0.137. The Balaban J connectivity index is 2.77. The van der Waals surface area contributed by atoms with Gasteiger partial charge in [-0.3, -0.25) is 9.59 Å². The zero-order chi connectivity index (χ0) is 16.0. The van der Waals surface area contributed by atoms with E-state index in [-0.39, 0.29) is 17.1 Å². The highest BCUT2D eigenvalue weighted by atomic mass is 35.5. The van der Waals surface area contributed by atoms with Gasteiger partial charge in [-0.1, -0.05) is 17.5 Å². The van der Waals surface area contributed by atoms with Gasteiger partial charge < -0.3 is 10.6 Å². The van der Waals surface area contributed by atoms with Crippen molar-refractivity contribution in [2.45, 2.75) is 6.18 Å². The number of hydrogen-bond acceptors (Lipinski definition) is 2. The van der Waals surface area contributed by atoms with Crippen LogP contribution in [0.5, 0.6) is 0 Å². The molecule has 0 bridgehead atoms. The summed E-state index contributed by atoms with van der Waals surface area (Å²) >= 11 is 5.55. The van der Waals surface area contributed by atoms with Crippen LogP contribution < -0.4 is 10.6 Å². The van der Waals surface area contributed by atoms with Crippen LogP contribution in [0, 0.1) is 12.3 Å². The molecular formula is C13H10ClF3N2O2. The molecular weight excluding hydrogens is 309 g/mol. The van der Waals surface area contributed by atoms with Gasteiger partial charge in [0, 0.05) is 10.6 Å². The van der Waals surface area contributed by atoms with Crippen molar-refractivity contribution in [3.8, 4) is 12.3 Å². The minimum Gasteiger partial charge on any atom is -0.344 e. The van der Waals surface area contributed by atoms with Crippen molar-refractivity contribution in [3.63, 3.8) is 0 Å². The van der Waals surface area contributed by atoms with Crippen molar-refractivity contribution in [1.29, 1.82) is 0 Å². The number of amides is 2. The third-order valence-corrected chi connectivity index (χ3v) is 2.50. The summed E-state index contributed by atoms with van der Waals surface area (Å²) in [6.07, 6.45) is 0.304. The molecule has 0 aliphatic heterocycles. The second-order valence-corrected chi connectivity index (χ2v) is 4.33. The molecule has 0 unspecified atom stereocenters. The van der Waals surface area contributed by atoms with E-state index in [0.29, 0.717) is 12.1 Å². The van der Waals surface area contributed by atoms with Crippen molar-refractivity contribution in [1.82, 2.24) is 10.6 Å². The second-order valence-electron chi connectivity index (χ2n) is 3.89. The maximum atomic E-state index is 12.6. The van der Waals surface area contributed by atoms with Crippen molar-refractivity contribution in [2.75, 3.05) is 13.1 Å². The Kier molecular flexibility index (Phi) is 5.61. The molecule has 0 spiro atoms. The summed E-state index contributed by atoms with van der Waals surface area (Å²) in [6.45, 7) is -0.418. The molecule has 0 aliphatic rings. The highest BCUT2D eigenvalue weighted by Gasteiger charge is 2.31. The van der Waals surface area contributed by atoms with E-state index in [2.05, 4.69) is 16.6 Å². The summed E-state index contributed by atoms with van der Waals surface area (Å²) in [4.78, 5) is 22.9. The van der Waals surface area contributed by atoms with Gasteiger partial charge in [0.25, 0.3) is 5.91 Å². The lowest BCUT2D eigenvalue weighted by atomic mass is 10.1. The van der Waals surface area contributed by atoms with Crippen LogP contribution in [0.4, 0.5) is 13.2 Å². The Labute approximate surface area is 123 Å². The molecule has 0 aliphatic carbocycles. The van der Waals surface area contributed by atoms with Gasteiger partial charge in [-0.05, 0) is 18.2 Å². The first kappa shape index (κ1) is 16.9. The molecule has 0 radical (unpaired) electrons. The van der Waals surface area contributed by atoms with Crippen LogP contribution in [0.2, 0.25) is 5.02 Å². The topological polar surface area (TPSA) is 58.2 Å². The number of carbonyl (C=O) groups is 2. The molecule has 2 amide bonds. The van der Waals surface area contributed by atoms with Crippen molar-refractivity contribution < 1.29 is 22.8 Å². The van der Waals surface area contributed by atoms with Gasteiger partial charge in [0.1, 0.15) is 0 Å². The lowest BCUT2D eigenvalue weighted by Crippen LogP contribution is -2.37. The summed E-state index contributed by atoms with van der Waals surface area (Å²) in [7, 11) is 0. The Hall–Kier alpha value is -2.20. The first-order valence-corrected chi connectivity index (χ1v) is 5.98. The number of rotatable bonds is 4. The number of alkyl halides is 3.